The molecule has 0 radical (unpaired) electrons. The summed E-state index contributed by atoms with van der Waals surface area (Å²) in [6.07, 6.45) is -4.44. The van der Waals surface area contributed by atoms with Gasteiger partial charge >= 0.3 is 25.6 Å². The van der Waals surface area contributed by atoms with Gasteiger partial charge in [-0.25, -0.2) is 18.9 Å². The molecule has 5 rings (SSSR count). The van der Waals surface area contributed by atoms with Crippen LogP contribution in [0.1, 0.15) is 35.5 Å². The topological polar surface area (TPSA) is 214 Å². The van der Waals surface area contributed by atoms with E-state index in [1.807, 2.05) is 0 Å². The maximum absolute atomic E-state index is 13.9. The molecule has 1 fully saturated rings. The molecule has 0 bridgehead atoms. The zero-order chi connectivity index (χ0) is 35.8. The molecule has 0 amide bonds. The molecule has 3 unspecified atom stereocenters. The number of aromatic nitrogens is 2. The number of nitro benzene ring substituents is 1. The van der Waals surface area contributed by atoms with Gasteiger partial charge in [0, 0.05) is 31.5 Å². The Balaban J connectivity index is 1.29. The smallest absolute Gasteiger partial charge is 0.451 e. The van der Waals surface area contributed by atoms with Gasteiger partial charge in [-0.1, -0.05) is 37.3 Å². The molecule has 0 spiro atoms. The zero-order valence-corrected chi connectivity index (χ0v) is 27.3. The number of aromatic amines is 1. The minimum absolute atomic E-state index is 0.0330. The molecule has 5 atom stereocenters. The van der Waals surface area contributed by atoms with Crippen LogP contribution in [0.25, 0.3) is 0 Å². The number of rotatable bonds is 13. The van der Waals surface area contributed by atoms with Gasteiger partial charge in [-0.05, 0) is 48.4 Å². The Morgan fingerprint density at radius 1 is 0.960 bits per heavy atom. The molecule has 1 aliphatic rings. The fraction of sp³-hybridized carbons (Fsp3) is 0.250. The summed E-state index contributed by atoms with van der Waals surface area (Å²) < 4.78 is 53.5. The fourth-order valence-electron chi connectivity index (χ4n) is 4.84. The van der Waals surface area contributed by atoms with Gasteiger partial charge in [-0.15, -0.1) is 0 Å². The van der Waals surface area contributed by atoms with Crippen molar-refractivity contribution in [3.8, 4) is 11.5 Å². The van der Waals surface area contributed by atoms with Crippen molar-refractivity contribution >= 4 is 25.6 Å². The summed E-state index contributed by atoms with van der Waals surface area (Å²) in [6, 6.07) is 19.8. The Hall–Kier alpha value is -5.61. The summed E-state index contributed by atoms with van der Waals surface area (Å²) in [6.45, 7) is 1.51. The van der Waals surface area contributed by atoms with Gasteiger partial charge in [0.2, 0.25) is 0 Å². The summed E-state index contributed by atoms with van der Waals surface area (Å²) in [5.41, 5.74) is -0.985. The first-order valence-corrected chi connectivity index (χ1v) is 16.4. The van der Waals surface area contributed by atoms with Crippen LogP contribution >= 0.6 is 7.82 Å². The number of phosphoric ester groups is 1. The van der Waals surface area contributed by atoms with Crippen LogP contribution in [0.5, 0.6) is 11.5 Å². The monoisotopic (exact) mass is 711 g/mol. The molecule has 1 aromatic heterocycles. The predicted molar refractivity (Wildman–Crippen MR) is 172 cm³/mol. The molecule has 4 aromatic rings. The molecule has 1 N–H and O–H groups in total. The van der Waals surface area contributed by atoms with Crippen molar-refractivity contribution in [2.75, 3.05) is 7.11 Å². The van der Waals surface area contributed by atoms with Crippen LogP contribution in [-0.2, 0) is 34.4 Å². The number of nitrogens with one attached hydrogen (secondary N) is 1. The van der Waals surface area contributed by atoms with Gasteiger partial charge in [0.15, 0.2) is 12.3 Å². The Morgan fingerprint density at radius 2 is 1.64 bits per heavy atom. The number of non-ortho nitro benzene ring substituents is 1. The number of carbonyl (C=O) groups excluding carboxylic acids is 2. The average molecular weight is 712 g/mol. The Bertz CT molecular complexity index is 1980. The number of phosphoric acid groups is 1. The van der Waals surface area contributed by atoms with Gasteiger partial charge in [0.1, 0.15) is 24.2 Å². The van der Waals surface area contributed by atoms with E-state index >= 15 is 0 Å². The van der Waals surface area contributed by atoms with Gasteiger partial charge in [0.25, 0.3) is 11.2 Å². The first-order valence-electron chi connectivity index (χ1n) is 14.9. The largest absolute Gasteiger partial charge is 0.530 e. The molecular weight excluding hydrogens is 681 g/mol. The number of benzene rings is 3. The van der Waals surface area contributed by atoms with Crippen molar-refractivity contribution in [1.82, 2.24) is 9.55 Å². The predicted octanol–water partition coefficient (Wildman–Crippen LogP) is 4.91. The molecule has 1 saturated heterocycles. The number of esters is 1. The highest BCUT2D eigenvalue weighted by atomic mass is 31.2. The highest BCUT2D eigenvalue weighted by Crippen LogP contribution is 2.53. The Kier molecular flexibility index (Phi) is 11.2. The second kappa shape index (κ2) is 15.7. The van der Waals surface area contributed by atoms with Gasteiger partial charge < -0.3 is 23.5 Å². The lowest BCUT2D eigenvalue weighted by atomic mass is 10.1. The van der Waals surface area contributed by atoms with Crippen LogP contribution in [0.3, 0.4) is 0 Å². The first-order chi connectivity index (χ1) is 24.0. The van der Waals surface area contributed by atoms with Gasteiger partial charge in [-0.2, -0.15) is 0 Å². The van der Waals surface area contributed by atoms with Crippen molar-refractivity contribution in [1.29, 1.82) is 0 Å². The molecule has 17 nitrogen and oxygen atoms in total. The summed E-state index contributed by atoms with van der Waals surface area (Å²) in [4.78, 5) is 62.0. The summed E-state index contributed by atoms with van der Waals surface area (Å²) in [5.74, 6) is -0.702. The van der Waals surface area contributed by atoms with Crippen molar-refractivity contribution < 1.29 is 51.6 Å². The lowest BCUT2D eigenvalue weighted by Crippen LogP contribution is -2.41. The maximum atomic E-state index is 13.9. The second-order valence-electron chi connectivity index (χ2n) is 10.6. The highest BCUT2D eigenvalue weighted by Gasteiger charge is 2.52. The number of carbonyl (C=O) groups is 2. The normalized spacial score (nSPS) is 19.6. The molecule has 1 aliphatic heterocycles. The number of nitro groups is 1. The van der Waals surface area contributed by atoms with Crippen LogP contribution < -0.4 is 20.5 Å². The van der Waals surface area contributed by atoms with E-state index in [1.54, 1.807) is 25.1 Å². The maximum Gasteiger partial charge on any atom is 0.530 e. The second-order valence-corrected chi connectivity index (χ2v) is 12.2. The van der Waals surface area contributed by atoms with E-state index in [0.29, 0.717) is 5.56 Å². The Morgan fingerprint density at radius 3 is 2.26 bits per heavy atom. The van der Waals surface area contributed by atoms with E-state index in [9.17, 15) is 33.9 Å². The zero-order valence-electron chi connectivity index (χ0n) is 26.4. The van der Waals surface area contributed by atoms with Crippen LogP contribution in [-0.4, -0.2) is 52.0 Å². The van der Waals surface area contributed by atoms with Crippen molar-refractivity contribution in [2.24, 2.45) is 0 Å². The number of H-pyrrole nitrogens is 1. The minimum atomic E-state index is -4.47. The van der Waals surface area contributed by atoms with E-state index < -0.39 is 60.7 Å². The number of hydrogen-bond acceptors (Lipinski definition) is 14. The van der Waals surface area contributed by atoms with Gasteiger partial charge in [0.05, 0.1) is 16.6 Å². The Labute approximate surface area is 283 Å². The third-order valence-electron chi connectivity index (χ3n) is 7.29. The van der Waals surface area contributed by atoms with Crippen LogP contribution in [0.2, 0.25) is 0 Å². The van der Waals surface area contributed by atoms with E-state index in [2.05, 4.69) is 4.98 Å². The molecule has 262 valence electrons. The van der Waals surface area contributed by atoms with Gasteiger partial charge in [-0.3, -0.25) is 33.5 Å². The SMILES string of the molecule is CC[C@H]1O[C@@H](n2ccc(=O)[nH]c2=O)C(OC(=O)c2ccccc2)C1OP(=O)(OC)Oc1ccc(COC(=O)Oc2ccc([N+](=O)[O-])cc2)cc1. The van der Waals surface area contributed by atoms with Crippen LogP contribution in [0.15, 0.2) is 101 Å². The summed E-state index contributed by atoms with van der Waals surface area (Å²) in [7, 11) is -3.38. The summed E-state index contributed by atoms with van der Waals surface area (Å²) in [5, 5.41) is 10.8. The number of nitrogens with zero attached hydrogens (tertiary/aromatic N) is 2. The molecule has 50 heavy (non-hydrogen) atoms. The molecule has 0 aliphatic carbocycles. The molecule has 2 heterocycles. The summed E-state index contributed by atoms with van der Waals surface area (Å²) >= 11 is 0. The van der Waals surface area contributed by atoms with E-state index in [0.717, 1.165) is 17.7 Å². The molecule has 0 saturated carbocycles. The standard InChI is InChI=1S/C32H30N3O14P/c1-3-25-27(28(47-30(37)21-7-5-4-6-8-21)29(46-25)34-18-17-26(36)33-31(34)38)49-50(42,43-2)48-24-13-9-20(10-14-24)19-44-32(39)45-23-15-11-22(12-16-23)35(40)41/h4-18,25,27-29H,3,19H2,1-2H3,(H,33,36,38)/t25-,27?,28?,29-,50?/m1/s1. The third kappa shape index (κ3) is 8.69. The lowest BCUT2D eigenvalue weighted by Gasteiger charge is -2.27. The quantitative estimate of drug-likeness (QED) is 0.0641. The van der Waals surface area contributed by atoms with E-state index in [4.69, 9.17) is 32.5 Å². The lowest BCUT2D eigenvalue weighted by molar-refractivity contribution is -0.384. The van der Waals surface area contributed by atoms with Crippen LogP contribution in [0, 0.1) is 10.1 Å². The molecule has 3 aromatic carbocycles. The first kappa shape index (κ1) is 35.7. The molecular formula is C32H30N3O14P. The van der Waals surface area contributed by atoms with Crippen LogP contribution in [0.4, 0.5) is 10.5 Å². The van der Waals surface area contributed by atoms with E-state index in [1.165, 1.54) is 66.9 Å². The fourth-order valence-corrected chi connectivity index (χ4v) is 5.97. The average Bonchev–Trinajstić information content (AvgIpc) is 3.44. The number of ether oxygens (including phenoxy) is 4. The third-order valence-corrected chi connectivity index (χ3v) is 8.67. The minimum Gasteiger partial charge on any atom is -0.451 e. The van der Waals surface area contributed by atoms with Crippen molar-refractivity contribution in [3.63, 3.8) is 0 Å². The van der Waals surface area contributed by atoms with Crippen molar-refractivity contribution in [2.45, 2.75) is 44.5 Å². The number of hydrogen-bond donors (Lipinski definition) is 1. The molecule has 18 heteroatoms. The highest BCUT2D eigenvalue weighted by molar-refractivity contribution is 7.48. The van der Waals surface area contributed by atoms with E-state index in [-0.39, 0.29) is 35.8 Å². The van der Waals surface area contributed by atoms with Crippen molar-refractivity contribution in [3.05, 3.63) is 133 Å².